The summed E-state index contributed by atoms with van der Waals surface area (Å²) in [7, 11) is -3.51. The van der Waals surface area contributed by atoms with Crippen molar-refractivity contribution in [2.24, 2.45) is 0 Å². The summed E-state index contributed by atoms with van der Waals surface area (Å²) in [4.78, 5) is 0. The molecule has 1 aromatic carbocycles. The topological polar surface area (TPSA) is 66.4 Å². The lowest BCUT2D eigenvalue weighted by molar-refractivity contribution is 0.287. The summed E-state index contributed by atoms with van der Waals surface area (Å²) in [6.45, 7) is -0.0505. The highest BCUT2D eigenvalue weighted by molar-refractivity contribution is 7.92. The average molecular weight is 282 g/mol. The van der Waals surface area contributed by atoms with Gasteiger partial charge in [0.05, 0.1) is 16.5 Å². The van der Waals surface area contributed by atoms with Gasteiger partial charge >= 0.3 is 0 Å². The fourth-order valence-corrected chi connectivity index (χ4v) is 2.48. The van der Waals surface area contributed by atoms with Gasteiger partial charge in [-0.25, -0.2) is 12.8 Å². The highest BCUT2D eigenvalue weighted by Crippen LogP contribution is 2.19. The first-order chi connectivity index (χ1) is 7.94. The van der Waals surface area contributed by atoms with Crippen molar-refractivity contribution >= 4 is 27.3 Å². The van der Waals surface area contributed by atoms with Crippen molar-refractivity contribution < 1.29 is 17.9 Å². The lowest BCUT2D eigenvalue weighted by atomic mass is 10.3. The molecule has 0 saturated heterocycles. The molecule has 96 valence electrons. The fourth-order valence-electron chi connectivity index (χ4n) is 1.19. The normalized spacial score (nSPS) is 11.5. The molecule has 0 aliphatic rings. The molecular formula is C10H13ClFNO3S. The standard InChI is InChI=1S/C10H13ClFNO3S/c11-9-4-3-8(7-10(9)12)13-17(15,16)6-2-1-5-14/h3-4,7,13-14H,1-2,5-6H2. The van der Waals surface area contributed by atoms with E-state index in [9.17, 15) is 12.8 Å². The Labute approximate surface area is 104 Å². The van der Waals surface area contributed by atoms with Crippen molar-refractivity contribution in [3.8, 4) is 0 Å². The van der Waals surface area contributed by atoms with Crippen molar-refractivity contribution in [1.82, 2.24) is 0 Å². The maximum Gasteiger partial charge on any atom is 0.232 e. The van der Waals surface area contributed by atoms with Gasteiger partial charge < -0.3 is 5.11 Å². The van der Waals surface area contributed by atoms with Gasteiger partial charge in [-0.2, -0.15) is 0 Å². The van der Waals surface area contributed by atoms with Crippen LogP contribution in [-0.4, -0.2) is 25.9 Å². The Morgan fingerprint density at radius 1 is 1.35 bits per heavy atom. The second-order valence-corrected chi connectivity index (χ2v) is 5.73. The largest absolute Gasteiger partial charge is 0.396 e. The lowest BCUT2D eigenvalue weighted by Crippen LogP contribution is -2.17. The molecule has 0 radical (unpaired) electrons. The fraction of sp³-hybridized carbons (Fsp3) is 0.400. The first kappa shape index (κ1) is 14.2. The quantitative estimate of drug-likeness (QED) is 0.784. The number of unbranched alkanes of at least 4 members (excludes halogenated alkanes) is 1. The number of rotatable bonds is 6. The van der Waals surface area contributed by atoms with Crippen LogP contribution in [0.25, 0.3) is 0 Å². The van der Waals surface area contributed by atoms with E-state index in [2.05, 4.69) is 4.72 Å². The summed E-state index contributed by atoms with van der Waals surface area (Å²) in [5.41, 5.74) is 0.135. The minimum Gasteiger partial charge on any atom is -0.396 e. The molecule has 0 saturated carbocycles. The Kier molecular flexibility index (Phi) is 5.17. The van der Waals surface area contributed by atoms with Gasteiger partial charge in [0.1, 0.15) is 5.82 Å². The Hall–Kier alpha value is -0.850. The maximum absolute atomic E-state index is 13.1. The SMILES string of the molecule is O=S(=O)(CCCCO)Nc1ccc(Cl)c(F)c1. The molecule has 0 atom stereocenters. The van der Waals surface area contributed by atoms with Gasteiger partial charge in [0.15, 0.2) is 0 Å². The zero-order valence-corrected chi connectivity index (χ0v) is 10.6. The third-order valence-electron chi connectivity index (χ3n) is 2.01. The number of aliphatic hydroxyl groups is 1. The van der Waals surface area contributed by atoms with E-state index in [1.54, 1.807) is 0 Å². The zero-order valence-electron chi connectivity index (χ0n) is 8.99. The van der Waals surface area contributed by atoms with Gasteiger partial charge in [-0.15, -0.1) is 0 Å². The highest BCUT2D eigenvalue weighted by Gasteiger charge is 2.11. The first-order valence-corrected chi connectivity index (χ1v) is 7.04. The second kappa shape index (κ2) is 6.18. The number of aliphatic hydroxyl groups excluding tert-OH is 1. The number of sulfonamides is 1. The molecule has 0 unspecified atom stereocenters. The summed E-state index contributed by atoms with van der Waals surface area (Å²) in [5.74, 6) is -0.792. The molecule has 0 spiro atoms. The molecule has 1 aromatic rings. The number of nitrogens with one attached hydrogen (secondary N) is 1. The molecule has 4 nitrogen and oxygen atoms in total. The molecule has 0 bridgehead atoms. The third-order valence-corrected chi connectivity index (χ3v) is 3.69. The van der Waals surface area contributed by atoms with Crippen molar-refractivity contribution in [1.29, 1.82) is 0 Å². The Balaban J connectivity index is 2.66. The minimum atomic E-state index is -3.51. The third kappa shape index (κ3) is 4.89. The van der Waals surface area contributed by atoms with E-state index in [4.69, 9.17) is 16.7 Å². The van der Waals surface area contributed by atoms with Crippen molar-refractivity contribution in [2.45, 2.75) is 12.8 Å². The van der Waals surface area contributed by atoms with Gasteiger partial charge in [-0.3, -0.25) is 4.72 Å². The molecule has 17 heavy (non-hydrogen) atoms. The maximum atomic E-state index is 13.1. The van der Waals surface area contributed by atoms with Gasteiger partial charge in [0.2, 0.25) is 10.0 Å². The van der Waals surface area contributed by atoms with Crippen LogP contribution in [0.4, 0.5) is 10.1 Å². The minimum absolute atomic E-state index is 0.0505. The van der Waals surface area contributed by atoms with E-state index in [0.717, 1.165) is 6.07 Å². The molecule has 7 heteroatoms. The monoisotopic (exact) mass is 281 g/mol. The number of hydrogen-bond donors (Lipinski definition) is 2. The lowest BCUT2D eigenvalue weighted by Gasteiger charge is -2.07. The molecule has 1 rings (SSSR count). The van der Waals surface area contributed by atoms with Gasteiger partial charge in [-0.1, -0.05) is 11.6 Å². The van der Waals surface area contributed by atoms with Crippen LogP contribution in [-0.2, 0) is 10.0 Å². The van der Waals surface area contributed by atoms with Crippen molar-refractivity contribution in [3.05, 3.63) is 29.0 Å². The van der Waals surface area contributed by atoms with Crippen LogP contribution in [0.1, 0.15) is 12.8 Å². The Morgan fingerprint density at radius 2 is 2.06 bits per heavy atom. The summed E-state index contributed by atoms with van der Waals surface area (Å²) in [5, 5.41) is 8.48. The van der Waals surface area contributed by atoms with Gasteiger partial charge in [0.25, 0.3) is 0 Å². The van der Waals surface area contributed by atoms with Crippen LogP contribution >= 0.6 is 11.6 Å². The molecule has 0 aliphatic heterocycles. The molecule has 2 N–H and O–H groups in total. The predicted octanol–water partition coefficient (Wildman–Crippen LogP) is 1.99. The highest BCUT2D eigenvalue weighted by atomic mass is 35.5. The van der Waals surface area contributed by atoms with E-state index in [0.29, 0.717) is 12.8 Å². The van der Waals surface area contributed by atoms with Gasteiger partial charge in [0, 0.05) is 6.61 Å². The van der Waals surface area contributed by atoms with Gasteiger partial charge in [-0.05, 0) is 31.0 Å². The molecule has 0 fully saturated rings. The number of halogens is 2. The van der Waals surface area contributed by atoms with Crippen LogP contribution in [0.15, 0.2) is 18.2 Å². The zero-order chi connectivity index (χ0) is 12.9. The van der Waals surface area contributed by atoms with Crippen LogP contribution < -0.4 is 4.72 Å². The summed E-state index contributed by atoms with van der Waals surface area (Å²) in [6.07, 6.45) is 0.762. The van der Waals surface area contributed by atoms with E-state index >= 15 is 0 Å². The van der Waals surface area contributed by atoms with E-state index < -0.39 is 15.8 Å². The Morgan fingerprint density at radius 3 is 2.65 bits per heavy atom. The molecule has 0 amide bonds. The van der Waals surface area contributed by atoms with Crippen molar-refractivity contribution in [2.75, 3.05) is 17.1 Å². The average Bonchev–Trinajstić information content (AvgIpc) is 2.23. The van der Waals surface area contributed by atoms with Crippen LogP contribution in [0, 0.1) is 5.82 Å². The smallest absolute Gasteiger partial charge is 0.232 e. The summed E-state index contributed by atoms with van der Waals surface area (Å²) < 4.78 is 38.3. The predicted molar refractivity (Wildman–Crippen MR) is 65.1 cm³/mol. The first-order valence-electron chi connectivity index (χ1n) is 5.01. The van der Waals surface area contributed by atoms with Crippen LogP contribution in [0.3, 0.4) is 0 Å². The number of hydrogen-bond acceptors (Lipinski definition) is 3. The van der Waals surface area contributed by atoms with Crippen LogP contribution in [0.5, 0.6) is 0 Å². The second-order valence-electron chi connectivity index (χ2n) is 3.48. The molecular weight excluding hydrogens is 269 g/mol. The summed E-state index contributed by atoms with van der Waals surface area (Å²) in [6, 6.07) is 3.68. The Bertz CT molecular complexity index is 478. The number of benzene rings is 1. The molecule has 0 aromatic heterocycles. The van der Waals surface area contributed by atoms with E-state index in [-0.39, 0.29) is 23.1 Å². The van der Waals surface area contributed by atoms with Crippen LogP contribution in [0.2, 0.25) is 5.02 Å². The van der Waals surface area contributed by atoms with Crippen molar-refractivity contribution in [3.63, 3.8) is 0 Å². The van der Waals surface area contributed by atoms with E-state index in [1.807, 2.05) is 0 Å². The number of anilines is 1. The molecule has 0 heterocycles. The van der Waals surface area contributed by atoms with E-state index in [1.165, 1.54) is 12.1 Å². The summed E-state index contributed by atoms with van der Waals surface area (Å²) >= 11 is 5.47. The molecule has 0 aliphatic carbocycles.